The third-order valence-corrected chi connectivity index (χ3v) is 4.90. The fraction of sp³-hybridized carbons (Fsp3) is 0.0526. The van der Waals surface area contributed by atoms with Crippen LogP contribution in [0.5, 0.6) is 0 Å². The highest BCUT2D eigenvalue weighted by atomic mass is 79.9. The third-order valence-electron chi connectivity index (χ3n) is 4.01. The van der Waals surface area contributed by atoms with Crippen molar-refractivity contribution < 1.29 is 4.79 Å². The zero-order valence-electron chi connectivity index (χ0n) is 14.0. The largest absolute Gasteiger partial charge is 0.350 e. The van der Waals surface area contributed by atoms with Crippen LogP contribution in [-0.2, 0) is 0 Å². The van der Waals surface area contributed by atoms with Crippen LogP contribution in [0, 0.1) is 0 Å². The van der Waals surface area contributed by atoms with E-state index in [1.807, 2.05) is 42.5 Å². The standard InChI is InChI=1S/C19H13BrClN5O/c20-14-5-1-2-7-17(14)26-19(27)25(13-8-9-18(21)23-11-13)12-16(24-26)15-6-3-4-10-22-15/h1-11H,12H2. The summed E-state index contributed by atoms with van der Waals surface area (Å²) in [5.41, 5.74) is 2.64. The van der Waals surface area contributed by atoms with Crippen molar-refractivity contribution >= 4 is 50.6 Å². The molecule has 8 heteroatoms. The highest BCUT2D eigenvalue weighted by Crippen LogP contribution is 2.30. The minimum absolute atomic E-state index is 0.278. The molecular weight excluding hydrogens is 430 g/mol. The molecule has 0 fully saturated rings. The fourth-order valence-corrected chi connectivity index (χ4v) is 3.27. The maximum Gasteiger partial charge on any atom is 0.350 e. The van der Waals surface area contributed by atoms with E-state index in [2.05, 4.69) is 31.0 Å². The normalized spacial score (nSPS) is 14.3. The molecule has 134 valence electrons. The van der Waals surface area contributed by atoms with Crippen molar-refractivity contribution in [2.75, 3.05) is 16.5 Å². The van der Waals surface area contributed by atoms with Gasteiger partial charge >= 0.3 is 6.03 Å². The smallest absolute Gasteiger partial charge is 0.285 e. The van der Waals surface area contributed by atoms with E-state index in [0.29, 0.717) is 27.9 Å². The highest BCUT2D eigenvalue weighted by molar-refractivity contribution is 9.10. The predicted molar refractivity (Wildman–Crippen MR) is 109 cm³/mol. The zero-order valence-corrected chi connectivity index (χ0v) is 16.3. The molecule has 1 aliphatic rings. The minimum Gasteiger partial charge on any atom is -0.285 e. The number of carbonyl (C=O) groups is 1. The second-order valence-electron chi connectivity index (χ2n) is 5.73. The molecule has 2 amide bonds. The molecule has 0 radical (unpaired) electrons. The molecule has 0 atom stereocenters. The average molecular weight is 443 g/mol. The summed E-state index contributed by atoms with van der Waals surface area (Å²) < 4.78 is 0.763. The van der Waals surface area contributed by atoms with Crippen molar-refractivity contribution in [2.24, 2.45) is 5.10 Å². The van der Waals surface area contributed by atoms with Gasteiger partial charge < -0.3 is 0 Å². The Labute approximate surface area is 169 Å². The van der Waals surface area contributed by atoms with Gasteiger partial charge in [-0.3, -0.25) is 9.88 Å². The third kappa shape index (κ3) is 3.56. The van der Waals surface area contributed by atoms with Crippen molar-refractivity contribution in [3.05, 3.63) is 82.3 Å². The number of hydrogen-bond acceptors (Lipinski definition) is 4. The topological polar surface area (TPSA) is 61.7 Å². The summed E-state index contributed by atoms with van der Waals surface area (Å²) in [5.74, 6) is 0. The fourth-order valence-electron chi connectivity index (χ4n) is 2.70. The maximum absolute atomic E-state index is 13.2. The molecule has 0 saturated heterocycles. The van der Waals surface area contributed by atoms with Crippen molar-refractivity contribution in [1.29, 1.82) is 0 Å². The number of pyridine rings is 2. The number of aromatic nitrogens is 2. The molecule has 0 N–H and O–H groups in total. The Hall–Kier alpha value is -2.77. The number of hydrazone groups is 1. The zero-order chi connectivity index (χ0) is 18.8. The lowest BCUT2D eigenvalue weighted by molar-refractivity contribution is 0.251. The SMILES string of the molecule is O=C1N(c2ccc(Cl)nc2)CC(c2ccccn2)=NN1c1ccccc1Br. The van der Waals surface area contributed by atoms with Crippen LogP contribution < -0.4 is 9.91 Å². The lowest BCUT2D eigenvalue weighted by Crippen LogP contribution is -2.49. The van der Waals surface area contributed by atoms with Gasteiger partial charge in [-0.1, -0.05) is 29.8 Å². The molecule has 27 heavy (non-hydrogen) atoms. The average Bonchev–Trinajstić information content (AvgIpc) is 2.70. The number of halogens is 2. The Morgan fingerprint density at radius 1 is 1.00 bits per heavy atom. The number of para-hydroxylation sites is 1. The molecular formula is C19H13BrClN5O. The molecule has 1 aliphatic heterocycles. The van der Waals surface area contributed by atoms with Crippen LogP contribution in [0.1, 0.15) is 5.69 Å². The summed E-state index contributed by atoms with van der Waals surface area (Å²) in [7, 11) is 0. The lowest BCUT2D eigenvalue weighted by Gasteiger charge is -2.33. The van der Waals surface area contributed by atoms with Gasteiger partial charge in [-0.2, -0.15) is 10.1 Å². The number of anilines is 2. The van der Waals surface area contributed by atoms with E-state index < -0.39 is 0 Å². The Bertz CT molecular complexity index is 1010. The van der Waals surface area contributed by atoms with E-state index in [0.717, 1.165) is 4.47 Å². The number of hydrogen-bond donors (Lipinski definition) is 0. The first-order chi connectivity index (χ1) is 13.1. The summed E-state index contributed by atoms with van der Waals surface area (Å²) in [4.78, 5) is 23.2. The number of rotatable bonds is 3. The van der Waals surface area contributed by atoms with Gasteiger partial charge in [0.25, 0.3) is 0 Å². The van der Waals surface area contributed by atoms with Gasteiger partial charge in [-0.05, 0) is 52.3 Å². The maximum atomic E-state index is 13.2. The van der Waals surface area contributed by atoms with Crippen LogP contribution in [0.2, 0.25) is 5.15 Å². The van der Waals surface area contributed by atoms with Crippen LogP contribution in [0.25, 0.3) is 0 Å². The molecule has 0 aliphatic carbocycles. The van der Waals surface area contributed by atoms with Crippen molar-refractivity contribution in [1.82, 2.24) is 9.97 Å². The number of urea groups is 1. The van der Waals surface area contributed by atoms with Gasteiger partial charge in [0, 0.05) is 10.7 Å². The molecule has 3 aromatic rings. The molecule has 4 rings (SSSR count). The summed E-state index contributed by atoms with van der Waals surface area (Å²) in [5, 5.41) is 6.31. The Morgan fingerprint density at radius 2 is 1.81 bits per heavy atom. The number of amides is 2. The molecule has 0 saturated carbocycles. The summed E-state index contributed by atoms with van der Waals surface area (Å²) in [6.45, 7) is 0.278. The van der Waals surface area contributed by atoms with E-state index >= 15 is 0 Å². The first-order valence-electron chi connectivity index (χ1n) is 8.10. The molecule has 1 aromatic carbocycles. The Morgan fingerprint density at radius 3 is 2.52 bits per heavy atom. The molecule has 3 heterocycles. The number of benzene rings is 1. The molecule has 0 bridgehead atoms. The quantitative estimate of drug-likeness (QED) is 0.550. The van der Waals surface area contributed by atoms with E-state index in [1.165, 1.54) is 5.01 Å². The lowest BCUT2D eigenvalue weighted by atomic mass is 10.2. The van der Waals surface area contributed by atoms with Gasteiger partial charge in [0.15, 0.2) is 0 Å². The Balaban J connectivity index is 1.82. The van der Waals surface area contributed by atoms with Gasteiger partial charge in [0.2, 0.25) is 0 Å². The van der Waals surface area contributed by atoms with Crippen LogP contribution in [0.15, 0.2) is 76.6 Å². The highest BCUT2D eigenvalue weighted by Gasteiger charge is 2.32. The number of nitrogens with zero attached hydrogens (tertiary/aromatic N) is 5. The minimum atomic E-state index is -0.286. The van der Waals surface area contributed by atoms with Crippen LogP contribution >= 0.6 is 27.5 Å². The van der Waals surface area contributed by atoms with Crippen molar-refractivity contribution in [3.63, 3.8) is 0 Å². The van der Waals surface area contributed by atoms with Gasteiger partial charge in [-0.15, -0.1) is 0 Å². The van der Waals surface area contributed by atoms with Crippen LogP contribution in [0.3, 0.4) is 0 Å². The summed E-state index contributed by atoms with van der Waals surface area (Å²) in [6.07, 6.45) is 3.27. The van der Waals surface area contributed by atoms with Crippen molar-refractivity contribution in [3.8, 4) is 0 Å². The Kier molecular flexibility index (Phi) is 4.87. The van der Waals surface area contributed by atoms with E-state index in [-0.39, 0.29) is 12.6 Å². The van der Waals surface area contributed by atoms with Gasteiger partial charge in [0.05, 0.1) is 29.8 Å². The summed E-state index contributed by atoms with van der Waals surface area (Å²) >= 11 is 9.39. The van der Waals surface area contributed by atoms with Crippen LogP contribution in [0.4, 0.5) is 16.2 Å². The van der Waals surface area contributed by atoms with Gasteiger partial charge in [0.1, 0.15) is 10.9 Å². The summed E-state index contributed by atoms with van der Waals surface area (Å²) in [6, 6.07) is 16.1. The second-order valence-corrected chi connectivity index (χ2v) is 6.97. The number of carbonyl (C=O) groups excluding carboxylic acids is 1. The predicted octanol–water partition coefficient (Wildman–Crippen LogP) is 4.74. The van der Waals surface area contributed by atoms with Crippen molar-refractivity contribution in [2.45, 2.75) is 0 Å². The van der Waals surface area contributed by atoms with Gasteiger partial charge in [-0.25, -0.2) is 9.78 Å². The second kappa shape index (κ2) is 7.46. The molecule has 2 aromatic heterocycles. The van der Waals surface area contributed by atoms with E-state index in [1.54, 1.807) is 29.4 Å². The van der Waals surface area contributed by atoms with Crippen LogP contribution in [-0.4, -0.2) is 28.3 Å². The molecule has 6 nitrogen and oxygen atoms in total. The first-order valence-corrected chi connectivity index (χ1v) is 9.27. The van der Waals surface area contributed by atoms with E-state index in [9.17, 15) is 4.79 Å². The first kappa shape index (κ1) is 17.6. The monoisotopic (exact) mass is 441 g/mol. The molecule has 0 unspecified atom stereocenters. The van der Waals surface area contributed by atoms with E-state index in [4.69, 9.17) is 11.6 Å². The molecule has 0 spiro atoms.